The molecule has 20 heavy (non-hydrogen) atoms. The van der Waals surface area contributed by atoms with Gasteiger partial charge in [0.25, 0.3) is 0 Å². The van der Waals surface area contributed by atoms with Crippen LogP contribution in [-0.2, 0) is 5.88 Å². The molecular formula is C14H11BrClNO3. The van der Waals surface area contributed by atoms with E-state index in [2.05, 4.69) is 15.9 Å². The van der Waals surface area contributed by atoms with Gasteiger partial charge in [-0.25, -0.2) is 0 Å². The van der Waals surface area contributed by atoms with Gasteiger partial charge in [-0.1, -0.05) is 34.1 Å². The molecule has 0 heterocycles. The van der Waals surface area contributed by atoms with Gasteiger partial charge in [0.1, 0.15) is 5.75 Å². The van der Waals surface area contributed by atoms with E-state index >= 15 is 0 Å². The second-order valence-electron chi connectivity index (χ2n) is 4.17. The van der Waals surface area contributed by atoms with Crippen molar-refractivity contribution in [1.29, 1.82) is 0 Å². The van der Waals surface area contributed by atoms with Gasteiger partial charge in [-0.3, -0.25) is 10.1 Å². The molecule has 104 valence electrons. The van der Waals surface area contributed by atoms with Crippen molar-refractivity contribution >= 4 is 33.2 Å². The van der Waals surface area contributed by atoms with E-state index < -0.39 is 4.92 Å². The summed E-state index contributed by atoms with van der Waals surface area (Å²) in [4.78, 5) is 10.7. The van der Waals surface area contributed by atoms with Crippen LogP contribution in [-0.4, -0.2) is 4.92 Å². The molecule has 0 spiro atoms. The van der Waals surface area contributed by atoms with Crippen molar-refractivity contribution in [3.05, 3.63) is 62.1 Å². The summed E-state index contributed by atoms with van der Waals surface area (Å²) in [6, 6.07) is 10.3. The van der Waals surface area contributed by atoms with Gasteiger partial charge in [0.15, 0.2) is 0 Å². The number of ether oxygens (including phenoxy) is 1. The Morgan fingerprint density at radius 2 is 2.10 bits per heavy atom. The van der Waals surface area contributed by atoms with E-state index in [-0.39, 0.29) is 11.4 Å². The van der Waals surface area contributed by atoms with Crippen LogP contribution >= 0.6 is 27.5 Å². The summed E-state index contributed by atoms with van der Waals surface area (Å²) in [5.74, 6) is 1.12. The van der Waals surface area contributed by atoms with E-state index in [0.29, 0.717) is 17.2 Å². The van der Waals surface area contributed by atoms with Crippen LogP contribution in [0, 0.1) is 17.0 Å². The molecular weight excluding hydrogens is 346 g/mol. The maximum absolute atomic E-state index is 11.1. The number of alkyl halides is 1. The number of hydrogen-bond donors (Lipinski definition) is 0. The number of nitro benzene ring substituents is 1. The Hall–Kier alpha value is -1.59. The molecule has 0 unspecified atom stereocenters. The van der Waals surface area contributed by atoms with Crippen molar-refractivity contribution in [2.75, 3.05) is 0 Å². The van der Waals surface area contributed by atoms with Crippen LogP contribution in [0.1, 0.15) is 11.1 Å². The number of aryl methyl sites for hydroxylation is 1. The van der Waals surface area contributed by atoms with Gasteiger partial charge < -0.3 is 4.74 Å². The third-order valence-electron chi connectivity index (χ3n) is 2.78. The molecule has 0 aliphatic carbocycles. The molecule has 0 amide bonds. The Morgan fingerprint density at radius 3 is 2.70 bits per heavy atom. The van der Waals surface area contributed by atoms with Crippen LogP contribution in [0.4, 0.5) is 5.69 Å². The molecule has 0 saturated heterocycles. The summed E-state index contributed by atoms with van der Waals surface area (Å²) in [6.45, 7) is 1.68. The number of para-hydroxylation sites is 1. The fourth-order valence-corrected chi connectivity index (χ4v) is 2.67. The summed E-state index contributed by atoms with van der Waals surface area (Å²) in [5.41, 5.74) is 1.46. The highest BCUT2D eigenvalue weighted by Gasteiger charge is 2.18. The van der Waals surface area contributed by atoms with Crippen LogP contribution in [0.5, 0.6) is 11.5 Å². The fraction of sp³-hybridized carbons (Fsp3) is 0.143. The Balaban J connectivity index is 2.38. The van der Waals surface area contributed by atoms with Crippen LogP contribution < -0.4 is 4.74 Å². The van der Waals surface area contributed by atoms with Crippen molar-refractivity contribution in [3.8, 4) is 11.5 Å². The number of benzene rings is 2. The van der Waals surface area contributed by atoms with Crippen LogP contribution in [0.3, 0.4) is 0 Å². The molecule has 2 aromatic rings. The average Bonchev–Trinajstić information content (AvgIpc) is 2.38. The summed E-state index contributed by atoms with van der Waals surface area (Å²) in [7, 11) is 0. The molecule has 0 bridgehead atoms. The first-order valence-electron chi connectivity index (χ1n) is 5.79. The van der Waals surface area contributed by atoms with Gasteiger partial charge in [-0.2, -0.15) is 0 Å². The van der Waals surface area contributed by atoms with E-state index in [0.717, 1.165) is 10.0 Å². The van der Waals surface area contributed by atoms with Gasteiger partial charge >= 0.3 is 5.69 Å². The summed E-state index contributed by atoms with van der Waals surface area (Å²) in [6.07, 6.45) is 0. The zero-order chi connectivity index (χ0) is 14.7. The minimum Gasteiger partial charge on any atom is -0.450 e. The van der Waals surface area contributed by atoms with Gasteiger partial charge in [-0.15, -0.1) is 11.6 Å². The monoisotopic (exact) mass is 355 g/mol. The second kappa shape index (κ2) is 6.24. The lowest BCUT2D eigenvalue weighted by atomic mass is 10.2. The quantitative estimate of drug-likeness (QED) is 0.430. The van der Waals surface area contributed by atoms with Gasteiger partial charge in [0, 0.05) is 15.9 Å². The van der Waals surface area contributed by atoms with Crippen molar-refractivity contribution in [2.24, 2.45) is 0 Å². The summed E-state index contributed by atoms with van der Waals surface area (Å²) < 4.78 is 6.42. The van der Waals surface area contributed by atoms with E-state index in [9.17, 15) is 10.1 Å². The smallest absolute Gasteiger partial charge is 0.314 e. The molecule has 2 aromatic carbocycles. The largest absolute Gasteiger partial charge is 0.450 e. The van der Waals surface area contributed by atoms with Gasteiger partial charge in [0.2, 0.25) is 5.75 Å². The van der Waals surface area contributed by atoms with Gasteiger partial charge in [0.05, 0.1) is 4.92 Å². The number of nitro groups is 1. The fourth-order valence-electron chi connectivity index (χ4n) is 1.78. The van der Waals surface area contributed by atoms with Crippen molar-refractivity contribution in [2.45, 2.75) is 12.8 Å². The third kappa shape index (κ3) is 3.11. The highest BCUT2D eigenvalue weighted by atomic mass is 79.9. The molecule has 6 heteroatoms. The van der Waals surface area contributed by atoms with Crippen molar-refractivity contribution in [1.82, 2.24) is 0 Å². The van der Waals surface area contributed by atoms with E-state index in [1.54, 1.807) is 37.3 Å². The molecule has 0 atom stereocenters. The Bertz CT molecular complexity index is 661. The van der Waals surface area contributed by atoms with Crippen LogP contribution in [0.15, 0.2) is 40.9 Å². The minimum atomic E-state index is -0.438. The number of rotatable bonds is 4. The zero-order valence-electron chi connectivity index (χ0n) is 10.6. The minimum absolute atomic E-state index is 0.0231. The lowest BCUT2D eigenvalue weighted by Crippen LogP contribution is -1.96. The highest BCUT2D eigenvalue weighted by molar-refractivity contribution is 9.10. The Labute approximate surface area is 129 Å². The average molecular weight is 357 g/mol. The van der Waals surface area contributed by atoms with Gasteiger partial charge in [-0.05, 0) is 30.7 Å². The molecule has 0 radical (unpaired) electrons. The maximum atomic E-state index is 11.1. The second-order valence-corrected chi connectivity index (χ2v) is 5.29. The predicted molar refractivity (Wildman–Crippen MR) is 81.6 cm³/mol. The molecule has 0 aliphatic rings. The molecule has 0 fully saturated rings. The first-order valence-corrected chi connectivity index (χ1v) is 7.12. The Kier molecular flexibility index (Phi) is 4.62. The predicted octanol–water partition coefficient (Wildman–Crippen LogP) is 5.20. The lowest BCUT2D eigenvalue weighted by Gasteiger charge is -2.09. The SMILES string of the molecule is Cc1cccc(Oc2ccc(CCl)c(Br)c2)c1[N+](=O)[O-]. The number of halogens is 2. The molecule has 2 rings (SSSR count). The standard InChI is InChI=1S/C14H11BrClNO3/c1-9-3-2-4-13(14(9)17(18)19)20-11-6-5-10(8-16)12(15)7-11/h2-7H,8H2,1H3. The molecule has 0 N–H and O–H groups in total. The van der Waals surface area contributed by atoms with Crippen molar-refractivity contribution < 1.29 is 9.66 Å². The van der Waals surface area contributed by atoms with Crippen LogP contribution in [0.2, 0.25) is 0 Å². The molecule has 0 aromatic heterocycles. The van der Waals surface area contributed by atoms with E-state index in [1.165, 1.54) is 0 Å². The summed E-state index contributed by atoms with van der Waals surface area (Å²) in [5, 5.41) is 11.1. The highest BCUT2D eigenvalue weighted by Crippen LogP contribution is 2.35. The third-order valence-corrected chi connectivity index (χ3v) is 3.81. The molecule has 0 aliphatic heterocycles. The lowest BCUT2D eigenvalue weighted by molar-refractivity contribution is -0.386. The topological polar surface area (TPSA) is 52.4 Å². The molecule has 0 saturated carbocycles. The Morgan fingerprint density at radius 1 is 1.35 bits per heavy atom. The zero-order valence-corrected chi connectivity index (χ0v) is 12.9. The molecule has 4 nitrogen and oxygen atoms in total. The number of hydrogen-bond acceptors (Lipinski definition) is 3. The maximum Gasteiger partial charge on any atom is 0.314 e. The van der Waals surface area contributed by atoms with Crippen LogP contribution in [0.25, 0.3) is 0 Å². The van der Waals surface area contributed by atoms with Crippen molar-refractivity contribution in [3.63, 3.8) is 0 Å². The summed E-state index contributed by atoms with van der Waals surface area (Å²) >= 11 is 9.16. The first-order chi connectivity index (χ1) is 9.52. The first kappa shape index (κ1) is 14.8. The normalized spacial score (nSPS) is 10.3. The van der Waals surface area contributed by atoms with E-state index in [4.69, 9.17) is 16.3 Å². The van der Waals surface area contributed by atoms with E-state index in [1.807, 2.05) is 6.07 Å². The number of nitrogens with zero attached hydrogens (tertiary/aromatic N) is 1.